The molecule has 0 fully saturated rings. The summed E-state index contributed by atoms with van der Waals surface area (Å²) in [6.07, 6.45) is 0.736. The molecule has 0 unspecified atom stereocenters. The highest BCUT2D eigenvalue weighted by Crippen LogP contribution is 2.38. The van der Waals surface area contributed by atoms with Gasteiger partial charge in [0.1, 0.15) is 0 Å². The van der Waals surface area contributed by atoms with Gasteiger partial charge in [-0.25, -0.2) is 0 Å². The highest BCUT2D eigenvalue weighted by atomic mass is 32.1. The molecule has 7 nitrogen and oxygen atoms in total. The number of carbonyl (C=O) groups excluding carboxylic acids is 2. The number of nitrogens with one attached hydrogen (secondary N) is 1. The van der Waals surface area contributed by atoms with Crippen LogP contribution in [0.25, 0.3) is 0 Å². The minimum atomic E-state index is -0.302. The second kappa shape index (κ2) is 8.69. The van der Waals surface area contributed by atoms with E-state index in [9.17, 15) is 9.59 Å². The second-order valence-corrected chi connectivity index (χ2v) is 7.84. The number of hydrogen-bond donors (Lipinski definition) is 1. The van der Waals surface area contributed by atoms with E-state index in [1.54, 1.807) is 23.1 Å². The maximum Gasteiger partial charge on any atom is 0.268 e. The van der Waals surface area contributed by atoms with Crippen molar-refractivity contribution in [1.29, 1.82) is 0 Å². The summed E-state index contributed by atoms with van der Waals surface area (Å²) < 4.78 is 16.0. The largest absolute Gasteiger partial charge is 0.493 e. The van der Waals surface area contributed by atoms with Gasteiger partial charge in [-0.2, -0.15) is 0 Å². The molecule has 0 atom stereocenters. The lowest BCUT2D eigenvalue weighted by Gasteiger charge is -2.17. The molecule has 2 heterocycles. The monoisotopic (exact) mass is 438 g/mol. The Kier molecular flexibility index (Phi) is 5.81. The fourth-order valence-corrected chi connectivity index (χ4v) is 4.31. The normalized spacial score (nSPS) is 12.3. The highest BCUT2D eigenvalue weighted by molar-refractivity contribution is 7.12. The molecule has 1 aliphatic rings. The van der Waals surface area contributed by atoms with Crippen LogP contribution in [0.15, 0.2) is 47.8 Å². The van der Waals surface area contributed by atoms with Gasteiger partial charge in [0.05, 0.1) is 26.2 Å². The zero-order valence-electron chi connectivity index (χ0n) is 17.4. The van der Waals surface area contributed by atoms with Crippen molar-refractivity contribution in [3.63, 3.8) is 0 Å². The summed E-state index contributed by atoms with van der Waals surface area (Å²) in [5.41, 5.74) is 2.93. The van der Waals surface area contributed by atoms with Crippen molar-refractivity contribution in [1.82, 2.24) is 0 Å². The zero-order valence-corrected chi connectivity index (χ0v) is 18.2. The van der Waals surface area contributed by atoms with E-state index in [0.29, 0.717) is 39.9 Å². The van der Waals surface area contributed by atoms with Crippen LogP contribution in [0.5, 0.6) is 17.2 Å². The Hall–Kier alpha value is -3.52. The van der Waals surface area contributed by atoms with Crippen LogP contribution in [0.1, 0.15) is 25.6 Å². The van der Waals surface area contributed by atoms with E-state index in [0.717, 1.165) is 17.7 Å². The number of thiophene rings is 1. The van der Waals surface area contributed by atoms with Gasteiger partial charge in [-0.1, -0.05) is 6.07 Å². The first-order valence-corrected chi connectivity index (χ1v) is 10.5. The molecule has 8 heteroatoms. The minimum Gasteiger partial charge on any atom is -0.493 e. The van der Waals surface area contributed by atoms with Gasteiger partial charge in [0.15, 0.2) is 11.5 Å². The predicted molar refractivity (Wildman–Crippen MR) is 120 cm³/mol. The Morgan fingerprint density at radius 3 is 2.35 bits per heavy atom. The predicted octanol–water partition coefficient (Wildman–Crippen LogP) is 4.23. The molecule has 2 aromatic carbocycles. The van der Waals surface area contributed by atoms with E-state index >= 15 is 0 Å². The van der Waals surface area contributed by atoms with Crippen molar-refractivity contribution in [3.8, 4) is 17.2 Å². The minimum absolute atomic E-state index is 0.00274. The van der Waals surface area contributed by atoms with Gasteiger partial charge in [0, 0.05) is 23.5 Å². The van der Waals surface area contributed by atoms with E-state index in [1.165, 1.54) is 32.7 Å². The Morgan fingerprint density at radius 1 is 1.00 bits per heavy atom. The van der Waals surface area contributed by atoms with Gasteiger partial charge < -0.3 is 24.4 Å². The van der Waals surface area contributed by atoms with E-state index < -0.39 is 0 Å². The fourth-order valence-electron chi connectivity index (χ4n) is 3.64. The SMILES string of the molecule is COc1cc(C(=O)Nc2ccc3c(c2)CCN3C(=O)c2cccs2)cc(OC)c1OC. The van der Waals surface area contributed by atoms with Crippen LogP contribution < -0.4 is 24.4 Å². The molecule has 0 spiro atoms. The van der Waals surface area contributed by atoms with Gasteiger partial charge in [-0.15, -0.1) is 11.3 Å². The van der Waals surface area contributed by atoms with Crippen LogP contribution in [0, 0.1) is 0 Å². The van der Waals surface area contributed by atoms with Crippen LogP contribution in [0.2, 0.25) is 0 Å². The summed E-state index contributed by atoms with van der Waals surface area (Å²) >= 11 is 1.43. The molecule has 0 saturated carbocycles. The number of methoxy groups -OCH3 is 3. The summed E-state index contributed by atoms with van der Waals surface area (Å²) in [4.78, 5) is 28.1. The number of anilines is 2. The smallest absolute Gasteiger partial charge is 0.268 e. The summed E-state index contributed by atoms with van der Waals surface area (Å²) in [7, 11) is 4.52. The number of carbonyl (C=O) groups is 2. The standard InChI is InChI=1S/C23H22N2O5S/c1-28-18-12-15(13-19(29-2)21(18)30-3)22(26)24-16-6-7-17-14(11-16)8-9-25(17)23(27)20-5-4-10-31-20/h4-7,10-13H,8-9H2,1-3H3,(H,24,26). The summed E-state index contributed by atoms with van der Waals surface area (Å²) in [6.45, 7) is 0.621. The third-order valence-corrected chi connectivity index (χ3v) is 5.99. The number of ether oxygens (including phenoxy) is 3. The number of nitrogens with zero attached hydrogens (tertiary/aromatic N) is 1. The first kappa shape index (κ1) is 20.7. The van der Waals surface area contributed by atoms with E-state index in [4.69, 9.17) is 14.2 Å². The van der Waals surface area contributed by atoms with Crippen LogP contribution in [0.3, 0.4) is 0 Å². The molecule has 2 amide bonds. The van der Waals surface area contributed by atoms with Gasteiger partial charge in [-0.05, 0) is 53.8 Å². The number of rotatable bonds is 6. The lowest BCUT2D eigenvalue weighted by molar-refractivity contribution is 0.0991. The summed E-state index contributed by atoms with van der Waals surface area (Å²) in [5, 5.41) is 4.80. The average Bonchev–Trinajstić information content (AvgIpc) is 3.47. The topological polar surface area (TPSA) is 77.1 Å². The quantitative estimate of drug-likeness (QED) is 0.623. The molecule has 4 rings (SSSR count). The van der Waals surface area contributed by atoms with E-state index in [2.05, 4.69) is 5.32 Å². The molecule has 0 bridgehead atoms. The van der Waals surface area contributed by atoms with E-state index in [1.807, 2.05) is 29.6 Å². The molecule has 160 valence electrons. The van der Waals surface area contributed by atoms with Crippen molar-refractivity contribution < 1.29 is 23.8 Å². The second-order valence-electron chi connectivity index (χ2n) is 6.90. The van der Waals surface area contributed by atoms with Crippen LogP contribution in [-0.2, 0) is 6.42 Å². The highest BCUT2D eigenvalue weighted by Gasteiger charge is 2.26. The first-order chi connectivity index (χ1) is 15.0. The van der Waals surface area contributed by atoms with Crippen molar-refractivity contribution in [2.75, 3.05) is 38.1 Å². The molecule has 1 aliphatic heterocycles. The van der Waals surface area contributed by atoms with Gasteiger partial charge in [0.25, 0.3) is 11.8 Å². The Labute approximate surface area is 184 Å². The molecule has 0 aliphatic carbocycles. The Balaban J connectivity index is 1.55. The molecule has 0 saturated heterocycles. The number of fused-ring (bicyclic) bond motifs is 1. The lowest BCUT2D eigenvalue weighted by atomic mass is 10.1. The van der Waals surface area contributed by atoms with E-state index in [-0.39, 0.29) is 11.8 Å². The summed E-state index contributed by atoms with van der Waals surface area (Å²) in [5.74, 6) is 0.939. The van der Waals surface area contributed by atoms with Crippen molar-refractivity contribution in [2.45, 2.75) is 6.42 Å². The third kappa shape index (κ3) is 3.94. The zero-order chi connectivity index (χ0) is 22.0. The number of amides is 2. The molecule has 3 aromatic rings. The van der Waals surface area contributed by atoms with Crippen molar-refractivity contribution in [3.05, 3.63) is 63.8 Å². The molecule has 1 N–H and O–H groups in total. The number of hydrogen-bond acceptors (Lipinski definition) is 6. The number of benzene rings is 2. The van der Waals surface area contributed by atoms with Gasteiger partial charge >= 0.3 is 0 Å². The van der Waals surface area contributed by atoms with Crippen LogP contribution in [0.4, 0.5) is 11.4 Å². The maximum absolute atomic E-state index is 12.9. The molecule has 1 aromatic heterocycles. The molecular formula is C23H22N2O5S. The molecule has 0 radical (unpaired) electrons. The van der Waals surface area contributed by atoms with Crippen molar-refractivity contribution in [2.24, 2.45) is 0 Å². The van der Waals surface area contributed by atoms with Gasteiger partial charge in [-0.3, -0.25) is 9.59 Å². The third-order valence-electron chi connectivity index (χ3n) is 5.14. The first-order valence-electron chi connectivity index (χ1n) is 9.65. The Bertz CT molecular complexity index is 1100. The molecular weight excluding hydrogens is 416 g/mol. The Morgan fingerprint density at radius 2 is 1.74 bits per heavy atom. The average molecular weight is 439 g/mol. The fraction of sp³-hybridized carbons (Fsp3) is 0.217. The van der Waals surface area contributed by atoms with Gasteiger partial charge in [0.2, 0.25) is 5.75 Å². The van der Waals surface area contributed by atoms with Crippen LogP contribution in [-0.4, -0.2) is 39.7 Å². The van der Waals surface area contributed by atoms with Crippen LogP contribution >= 0.6 is 11.3 Å². The maximum atomic E-state index is 12.9. The molecule has 31 heavy (non-hydrogen) atoms. The lowest BCUT2D eigenvalue weighted by Crippen LogP contribution is -2.28. The summed E-state index contributed by atoms with van der Waals surface area (Å²) in [6, 6.07) is 12.5. The van der Waals surface area contributed by atoms with Crippen molar-refractivity contribution >= 4 is 34.5 Å².